The summed E-state index contributed by atoms with van der Waals surface area (Å²) in [5, 5.41) is 19.1. The van der Waals surface area contributed by atoms with E-state index < -0.39 is 43.5 Å². The Hall–Kier alpha value is -3.20. The fourth-order valence-corrected chi connectivity index (χ4v) is 8.50. The van der Waals surface area contributed by atoms with Crippen molar-refractivity contribution in [3.05, 3.63) is 71.8 Å². The van der Waals surface area contributed by atoms with Gasteiger partial charge in [0.2, 0.25) is 19.2 Å². The molecule has 0 saturated heterocycles. The zero-order valence-electron chi connectivity index (χ0n) is 28.4. The number of hydrogen-bond acceptors (Lipinski definition) is 7. The number of benzene rings is 2. The minimum absolute atomic E-state index is 0.0602. The quantitative estimate of drug-likeness (QED) is 0.142. The number of carbonyl (C=O) groups excluding carboxylic acids is 3. The van der Waals surface area contributed by atoms with Crippen LogP contribution in [0.5, 0.6) is 0 Å². The van der Waals surface area contributed by atoms with E-state index in [9.17, 15) is 24.1 Å². The second-order valence-corrected chi connectivity index (χ2v) is 16.1. The van der Waals surface area contributed by atoms with Crippen molar-refractivity contribution in [1.82, 2.24) is 16.0 Å². The van der Waals surface area contributed by atoms with Crippen LogP contribution in [0.1, 0.15) is 77.3 Å². The van der Waals surface area contributed by atoms with Gasteiger partial charge in [-0.1, -0.05) is 108 Å². The lowest BCUT2D eigenvalue weighted by Crippen LogP contribution is -2.56. The van der Waals surface area contributed by atoms with Crippen molar-refractivity contribution >= 4 is 25.3 Å². The first kappa shape index (κ1) is 38.2. The lowest BCUT2D eigenvalue weighted by atomic mass is 9.91. The molecule has 2 aromatic carbocycles. The molecule has 1 aliphatic carbocycles. The van der Waals surface area contributed by atoms with E-state index in [2.05, 4.69) is 16.0 Å². The largest absolute Gasteiger partial charge is 0.445 e. The number of amides is 3. The van der Waals surface area contributed by atoms with Crippen LogP contribution in [0.3, 0.4) is 0 Å². The van der Waals surface area contributed by atoms with Crippen molar-refractivity contribution in [2.75, 3.05) is 18.9 Å². The van der Waals surface area contributed by atoms with Gasteiger partial charge < -0.3 is 30.3 Å². The van der Waals surface area contributed by atoms with Gasteiger partial charge in [-0.3, -0.25) is 14.2 Å². The molecule has 4 N–H and O–H groups in total. The molecule has 0 aliphatic heterocycles. The number of aliphatic hydroxyl groups excluding tert-OH is 1. The van der Waals surface area contributed by atoms with Crippen molar-refractivity contribution < 1.29 is 33.3 Å². The van der Waals surface area contributed by atoms with Gasteiger partial charge in [0.25, 0.3) is 0 Å². The Kier molecular flexibility index (Phi) is 15.9. The zero-order valence-corrected chi connectivity index (χ0v) is 29.3. The average molecular weight is 672 g/mol. The molecule has 3 rings (SSSR count). The number of aliphatic hydroxyl groups is 1. The fraction of sp³-hybridized carbons (Fsp3) is 0.583. The first-order valence-corrected chi connectivity index (χ1v) is 18.9. The molecular weight excluding hydrogens is 617 g/mol. The second kappa shape index (κ2) is 19.6. The molecule has 260 valence electrons. The molecule has 1 saturated carbocycles. The van der Waals surface area contributed by atoms with Gasteiger partial charge >= 0.3 is 6.09 Å². The van der Waals surface area contributed by atoms with E-state index in [-0.39, 0.29) is 43.7 Å². The highest BCUT2D eigenvalue weighted by Gasteiger charge is 2.33. The third kappa shape index (κ3) is 14.2. The fourth-order valence-electron chi connectivity index (χ4n) is 5.83. The SMILES string of the molecule is CC(C)C[C@H](NC(=O)[C@@H](NC(=O)OCc1ccccc1)C(C)C)C(=O)NC[C@H](O)CP(=O)(CC1CCCCC1)OCc1ccccc1. The van der Waals surface area contributed by atoms with Crippen LogP contribution < -0.4 is 16.0 Å². The number of ether oxygens (including phenoxy) is 1. The van der Waals surface area contributed by atoms with Crippen molar-refractivity contribution in [1.29, 1.82) is 0 Å². The number of rotatable bonds is 18. The van der Waals surface area contributed by atoms with Crippen LogP contribution in [-0.4, -0.2) is 60.1 Å². The van der Waals surface area contributed by atoms with Gasteiger partial charge in [0, 0.05) is 12.7 Å². The molecule has 4 atom stereocenters. The summed E-state index contributed by atoms with van der Waals surface area (Å²) in [7, 11) is -3.22. The third-order valence-corrected chi connectivity index (χ3v) is 11.0. The molecule has 10 nitrogen and oxygen atoms in total. The standard InChI is InChI=1S/C36H54N3O7P/c1-26(2)20-32(38-35(42)33(27(3)4)39-36(43)45-22-28-14-8-5-9-15-28)34(41)37-21-31(40)25-47(44,24-30-18-12-7-13-19-30)46-23-29-16-10-6-11-17-29/h5-6,8-11,14-17,26-27,30-33,40H,7,12-13,18-25H2,1-4H3,(H,37,41)(H,38,42)(H,39,43)/t31-,32-,33-,47?/m0/s1. The molecule has 0 spiro atoms. The Morgan fingerprint density at radius 3 is 2.02 bits per heavy atom. The Labute approximate surface area is 280 Å². The van der Waals surface area contributed by atoms with Crippen LogP contribution in [0.2, 0.25) is 0 Å². The van der Waals surface area contributed by atoms with Gasteiger partial charge in [0.1, 0.15) is 18.7 Å². The van der Waals surface area contributed by atoms with Crippen molar-refractivity contribution in [2.45, 2.75) is 97.6 Å². The van der Waals surface area contributed by atoms with Gasteiger partial charge in [0.15, 0.2) is 0 Å². The molecule has 2 aromatic rings. The van der Waals surface area contributed by atoms with Crippen molar-refractivity contribution in [3.63, 3.8) is 0 Å². The highest BCUT2D eigenvalue weighted by molar-refractivity contribution is 7.59. The van der Waals surface area contributed by atoms with Crippen molar-refractivity contribution in [2.24, 2.45) is 17.8 Å². The molecule has 47 heavy (non-hydrogen) atoms. The lowest BCUT2D eigenvalue weighted by molar-refractivity contribution is -0.131. The molecule has 0 heterocycles. The van der Waals surface area contributed by atoms with Crippen LogP contribution in [0, 0.1) is 17.8 Å². The Morgan fingerprint density at radius 1 is 0.851 bits per heavy atom. The van der Waals surface area contributed by atoms with E-state index in [1.54, 1.807) is 13.8 Å². The lowest BCUT2D eigenvalue weighted by Gasteiger charge is -2.29. The first-order chi connectivity index (χ1) is 22.4. The molecule has 1 aliphatic rings. The van der Waals surface area contributed by atoms with Gasteiger partial charge in [-0.25, -0.2) is 4.79 Å². The highest BCUT2D eigenvalue weighted by atomic mass is 31.2. The summed E-state index contributed by atoms with van der Waals surface area (Å²) in [6, 6.07) is 16.9. The van der Waals surface area contributed by atoms with E-state index >= 15 is 0 Å². The molecule has 0 aromatic heterocycles. The van der Waals surface area contributed by atoms with Gasteiger partial charge in [0.05, 0.1) is 18.9 Å². The van der Waals surface area contributed by atoms with Crippen molar-refractivity contribution in [3.8, 4) is 0 Å². The number of hydrogen-bond donors (Lipinski definition) is 4. The molecule has 0 radical (unpaired) electrons. The summed E-state index contributed by atoms with van der Waals surface area (Å²) in [5.74, 6) is -0.898. The molecule has 0 bridgehead atoms. The smallest absolute Gasteiger partial charge is 0.408 e. The van der Waals surface area contributed by atoms with Crippen LogP contribution in [-0.2, 0) is 36.6 Å². The predicted molar refractivity (Wildman–Crippen MR) is 184 cm³/mol. The molecule has 3 amide bonds. The predicted octanol–water partition coefficient (Wildman–Crippen LogP) is 6.02. The minimum atomic E-state index is -3.22. The molecule has 1 fully saturated rings. The summed E-state index contributed by atoms with van der Waals surface area (Å²) in [4.78, 5) is 39.2. The Bertz CT molecular complexity index is 1290. The van der Waals surface area contributed by atoms with Crippen LogP contribution in [0.4, 0.5) is 4.79 Å². The van der Waals surface area contributed by atoms with E-state index in [4.69, 9.17) is 9.26 Å². The first-order valence-electron chi connectivity index (χ1n) is 16.9. The van der Waals surface area contributed by atoms with Gasteiger partial charge in [-0.05, 0) is 48.1 Å². The third-order valence-electron chi connectivity index (χ3n) is 8.35. The van der Waals surface area contributed by atoms with Gasteiger partial charge in [-0.2, -0.15) is 0 Å². The van der Waals surface area contributed by atoms with Crippen LogP contribution in [0.15, 0.2) is 60.7 Å². The molecular formula is C36H54N3O7P. The summed E-state index contributed by atoms with van der Waals surface area (Å²) in [6.07, 6.45) is 4.25. The molecule has 1 unspecified atom stereocenters. The minimum Gasteiger partial charge on any atom is -0.445 e. The maximum absolute atomic E-state index is 14.1. The molecule has 11 heteroatoms. The number of nitrogens with one attached hydrogen (secondary N) is 3. The second-order valence-electron chi connectivity index (χ2n) is 13.5. The average Bonchev–Trinajstić information content (AvgIpc) is 3.05. The summed E-state index contributed by atoms with van der Waals surface area (Å²) < 4.78 is 25.4. The Morgan fingerprint density at radius 2 is 1.45 bits per heavy atom. The van der Waals surface area contributed by atoms with Crippen LogP contribution >= 0.6 is 7.37 Å². The van der Waals surface area contributed by atoms with E-state index in [0.29, 0.717) is 12.6 Å². The number of alkyl carbamates (subject to hydrolysis) is 1. The van der Waals surface area contributed by atoms with E-state index in [1.807, 2.05) is 74.5 Å². The summed E-state index contributed by atoms with van der Waals surface area (Å²) in [5.41, 5.74) is 1.72. The highest BCUT2D eigenvalue weighted by Crippen LogP contribution is 2.51. The van der Waals surface area contributed by atoms with Gasteiger partial charge in [-0.15, -0.1) is 0 Å². The topological polar surface area (TPSA) is 143 Å². The normalized spacial score (nSPS) is 16.9. The summed E-state index contributed by atoms with van der Waals surface area (Å²) >= 11 is 0. The summed E-state index contributed by atoms with van der Waals surface area (Å²) in [6.45, 7) is 7.58. The van der Waals surface area contributed by atoms with Crippen LogP contribution in [0.25, 0.3) is 0 Å². The maximum atomic E-state index is 14.1. The monoisotopic (exact) mass is 671 g/mol. The maximum Gasteiger partial charge on any atom is 0.408 e. The van der Waals surface area contributed by atoms with E-state index in [1.165, 1.54) is 6.42 Å². The Balaban J connectivity index is 1.58. The number of carbonyl (C=O) groups is 3. The zero-order chi connectivity index (χ0) is 34.2. The van der Waals surface area contributed by atoms with E-state index in [0.717, 1.165) is 36.8 Å².